The molecule has 0 fully saturated rings. The third kappa shape index (κ3) is 3.76. The van der Waals surface area contributed by atoms with E-state index in [1.807, 2.05) is 26.0 Å². The Morgan fingerprint density at radius 2 is 1.96 bits per heavy atom. The van der Waals surface area contributed by atoms with Gasteiger partial charge in [-0.05, 0) is 42.0 Å². The van der Waals surface area contributed by atoms with Crippen molar-refractivity contribution in [3.63, 3.8) is 0 Å². The molecule has 0 aliphatic rings. The summed E-state index contributed by atoms with van der Waals surface area (Å²) in [6.45, 7) is 3.64. The van der Waals surface area contributed by atoms with Gasteiger partial charge in [-0.3, -0.25) is 4.79 Å². The average molecular weight is 349 g/mol. The highest BCUT2D eigenvalue weighted by Gasteiger charge is 2.21. The maximum atomic E-state index is 12.4. The predicted octanol–water partition coefficient (Wildman–Crippen LogP) is 2.33. The van der Waals surface area contributed by atoms with E-state index in [0.717, 1.165) is 28.0 Å². The first-order chi connectivity index (χ1) is 10.7. The first kappa shape index (κ1) is 17.1. The quantitative estimate of drug-likeness (QED) is 0.882. The third-order valence-corrected chi connectivity index (χ3v) is 5.25. The number of primary sulfonamides is 1. The molecule has 0 atom stereocenters. The zero-order valence-electron chi connectivity index (χ0n) is 12.6. The molecule has 6 nitrogen and oxygen atoms in total. The van der Waals surface area contributed by atoms with Crippen molar-refractivity contribution in [2.24, 2.45) is 5.14 Å². The molecule has 0 unspecified atom stereocenters. The lowest BCUT2D eigenvalue weighted by atomic mass is 10.0. The van der Waals surface area contributed by atoms with Crippen molar-refractivity contribution in [1.29, 1.82) is 5.26 Å². The molecule has 1 heterocycles. The summed E-state index contributed by atoms with van der Waals surface area (Å²) in [6, 6.07) is 7.03. The smallest absolute Gasteiger partial charge is 0.267 e. The number of amides is 1. The number of rotatable bonds is 4. The molecule has 8 heteroatoms. The minimum atomic E-state index is -3.95. The van der Waals surface area contributed by atoms with Crippen LogP contribution in [0.5, 0.6) is 0 Å². The Kier molecular flexibility index (Phi) is 4.85. The number of hydrogen-bond donors (Lipinski definition) is 2. The van der Waals surface area contributed by atoms with Gasteiger partial charge in [0.15, 0.2) is 0 Å². The summed E-state index contributed by atoms with van der Waals surface area (Å²) in [4.78, 5) is 12.2. The van der Waals surface area contributed by atoms with Crippen LogP contribution in [0.1, 0.15) is 26.4 Å². The van der Waals surface area contributed by atoms with Gasteiger partial charge in [0, 0.05) is 5.69 Å². The second-order valence-corrected chi connectivity index (χ2v) is 7.50. The van der Waals surface area contributed by atoms with Crippen LogP contribution in [0, 0.1) is 25.2 Å². The number of nitrogens with two attached hydrogens (primary N) is 1. The SMILES string of the molecule is Cc1cc(CC#N)cc(C)c1NC(=O)c1sccc1S(N)(=O)=O. The molecule has 0 saturated heterocycles. The van der Waals surface area contributed by atoms with Gasteiger partial charge in [0.05, 0.1) is 12.5 Å². The van der Waals surface area contributed by atoms with Gasteiger partial charge in [-0.1, -0.05) is 12.1 Å². The maximum Gasteiger partial charge on any atom is 0.267 e. The van der Waals surface area contributed by atoms with Crippen LogP contribution < -0.4 is 10.5 Å². The molecule has 1 aromatic carbocycles. The fraction of sp³-hybridized carbons (Fsp3) is 0.200. The van der Waals surface area contributed by atoms with E-state index in [0.29, 0.717) is 5.69 Å². The molecule has 0 spiro atoms. The summed E-state index contributed by atoms with van der Waals surface area (Å²) in [5, 5.41) is 18.1. The highest BCUT2D eigenvalue weighted by Crippen LogP contribution is 2.26. The minimum absolute atomic E-state index is 0.0485. The number of nitriles is 1. The first-order valence-corrected chi connectivity index (χ1v) is 9.05. The molecule has 120 valence electrons. The number of aryl methyl sites for hydroxylation is 2. The Labute approximate surface area is 138 Å². The van der Waals surface area contributed by atoms with Crippen LogP contribution in [0.2, 0.25) is 0 Å². The summed E-state index contributed by atoms with van der Waals surface area (Å²) in [7, 11) is -3.95. The van der Waals surface area contributed by atoms with Crippen LogP contribution in [-0.4, -0.2) is 14.3 Å². The fourth-order valence-corrected chi connectivity index (χ4v) is 4.17. The molecule has 2 rings (SSSR count). The monoisotopic (exact) mass is 349 g/mol. The second kappa shape index (κ2) is 6.50. The highest BCUT2D eigenvalue weighted by atomic mass is 32.2. The van der Waals surface area contributed by atoms with Crippen LogP contribution in [0.25, 0.3) is 0 Å². The number of benzene rings is 1. The van der Waals surface area contributed by atoms with Gasteiger partial charge in [-0.2, -0.15) is 5.26 Å². The van der Waals surface area contributed by atoms with Crippen molar-refractivity contribution in [2.45, 2.75) is 25.2 Å². The van der Waals surface area contributed by atoms with Gasteiger partial charge in [-0.25, -0.2) is 13.6 Å². The summed E-state index contributed by atoms with van der Waals surface area (Å²) in [5.41, 5.74) is 3.07. The molecule has 1 aromatic heterocycles. The van der Waals surface area contributed by atoms with Crippen LogP contribution in [0.4, 0.5) is 5.69 Å². The Morgan fingerprint density at radius 3 is 2.48 bits per heavy atom. The lowest BCUT2D eigenvalue weighted by Crippen LogP contribution is -2.19. The van der Waals surface area contributed by atoms with Crippen LogP contribution in [0.3, 0.4) is 0 Å². The number of hydrogen-bond acceptors (Lipinski definition) is 5. The van der Waals surface area contributed by atoms with Crippen molar-refractivity contribution in [2.75, 3.05) is 5.32 Å². The number of nitrogens with zero attached hydrogens (tertiary/aromatic N) is 1. The van der Waals surface area contributed by atoms with E-state index in [4.69, 9.17) is 10.4 Å². The topological polar surface area (TPSA) is 113 Å². The van der Waals surface area contributed by atoms with E-state index in [2.05, 4.69) is 11.4 Å². The Hall–Kier alpha value is -2.21. The maximum absolute atomic E-state index is 12.4. The lowest BCUT2D eigenvalue weighted by molar-refractivity contribution is 0.102. The van der Waals surface area contributed by atoms with Crippen LogP contribution in [-0.2, 0) is 16.4 Å². The molecular weight excluding hydrogens is 334 g/mol. The molecular formula is C15H15N3O3S2. The zero-order chi connectivity index (χ0) is 17.2. The Morgan fingerprint density at radius 1 is 1.35 bits per heavy atom. The first-order valence-electron chi connectivity index (χ1n) is 6.62. The number of nitrogens with one attached hydrogen (secondary N) is 1. The zero-order valence-corrected chi connectivity index (χ0v) is 14.2. The van der Waals surface area contributed by atoms with E-state index in [9.17, 15) is 13.2 Å². The number of carbonyl (C=O) groups is 1. The van der Waals surface area contributed by atoms with Gasteiger partial charge in [0.2, 0.25) is 10.0 Å². The third-order valence-electron chi connectivity index (χ3n) is 3.26. The van der Waals surface area contributed by atoms with Gasteiger partial charge >= 0.3 is 0 Å². The molecule has 0 saturated carbocycles. The van der Waals surface area contributed by atoms with E-state index < -0.39 is 15.9 Å². The molecule has 23 heavy (non-hydrogen) atoms. The number of sulfonamides is 1. The number of anilines is 1. The van der Waals surface area contributed by atoms with Gasteiger partial charge in [-0.15, -0.1) is 11.3 Å². The Bertz CT molecular complexity index is 885. The van der Waals surface area contributed by atoms with Crippen molar-refractivity contribution in [3.05, 3.63) is 45.1 Å². The van der Waals surface area contributed by atoms with Crippen molar-refractivity contribution in [1.82, 2.24) is 0 Å². The van der Waals surface area contributed by atoms with Crippen molar-refractivity contribution in [3.8, 4) is 6.07 Å². The van der Waals surface area contributed by atoms with Crippen molar-refractivity contribution < 1.29 is 13.2 Å². The van der Waals surface area contributed by atoms with E-state index in [1.54, 1.807) is 0 Å². The Balaban J connectivity index is 2.36. The van der Waals surface area contributed by atoms with E-state index in [-0.39, 0.29) is 16.2 Å². The summed E-state index contributed by atoms with van der Waals surface area (Å²) < 4.78 is 23.0. The molecule has 2 aromatic rings. The largest absolute Gasteiger partial charge is 0.321 e. The number of thiophene rings is 1. The summed E-state index contributed by atoms with van der Waals surface area (Å²) >= 11 is 1.01. The van der Waals surface area contributed by atoms with Crippen LogP contribution >= 0.6 is 11.3 Å². The normalized spacial score (nSPS) is 11.0. The molecule has 0 radical (unpaired) electrons. The lowest BCUT2D eigenvalue weighted by Gasteiger charge is -2.13. The van der Waals surface area contributed by atoms with Crippen molar-refractivity contribution >= 4 is 33.0 Å². The molecule has 1 amide bonds. The summed E-state index contributed by atoms with van der Waals surface area (Å²) in [6.07, 6.45) is 0.288. The summed E-state index contributed by atoms with van der Waals surface area (Å²) in [5.74, 6) is -0.525. The van der Waals surface area contributed by atoms with Gasteiger partial charge in [0.25, 0.3) is 5.91 Å². The fourth-order valence-electron chi connectivity index (χ4n) is 2.30. The second-order valence-electron chi connectivity index (χ2n) is 5.05. The standard InChI is InChI=1S/C15H15N3O3S2/c1-9-7-11(3-5-16)8-10(2)13(9)18-15(19)14-12(4-6-22-14)23(17,20)21/h4,6-8H,3H2,1-2H3,(H,18,19)(H2,17,20,21). The van der Waals surface area contributed by atoms with Gasteiger partial charge < -0.3 is 5.32 Å². The van der Waals surface area contributed by atoms with Crippen LogP contribution in [0.15, 0.2) is 28.5 Å². The number of carbonyl (C=O) groups excluding carboxylic acids is 1. The van der Waals surface area contributed by atoms with Gasteiger partial charge in [0.1, 0.15) is 9.77 Å². The molecule has 0 bridgehead atoms. The molecule has 3 N–H and O–H groups in total. The minimum Gasteiger partial charge on any atom is -0.321 e. The predicted molar refractivity (Wildman–Crippen MR) is 88.9 cm³/mol. The van der Waals surface area contributed by atoms with E-state index in [1.165, 1.54) is 11.4 Å². The van der Waals surface area contributed by atoms with E-state index >= 15 is 0 Å². The highest BCUT2D eigenvalue weighted by molar-refractivity contribution is 7.89. The average Bonchev–Trinajstić information content (AvgIpc) is 2.92. The molecule has 0 aliphatic heterocycles. The molecule has 0 aliphatic carbocycles.